The zero-order chi connectivity index (χ0) is 10.6. The molecule has 0 aliphatic heterocycles. The third-order valence-corrected chi connectivity index (χ3v) is 2.35. The van der Waals surface area contributed by atoms with Gasteiger partial charge < -0.3 is 5.32 Å². The number of allylic oxidation sites excluding steroid dienone is 1. The molecule has 0 aromatic heterocycles. The molecule has 0 saturated heterocycles. The van der Waals surface area contributed by atoms with E-state index in [0.717, 1.165) is 12.8 Å². The van der Waals surface area contributed by atoms with Gasteiger partial charge in [-0.1, -0.05) is 23.3 Å². The first-order valence-corrected chi connectivity index (χ1v) is 5.05. The van der Waals surface area contributed by atoms with Gasteiger partial charge in [0, 0.05) is 12.7 Å². The summed E-state index contributed by atoms with van der Waals surface area (Å²) in [5, 5.41) is 3.22. The molecule has 76 valence electrons. The van der Waals surface area contributed by atoms with E-state index in [4.69, 9.17) is 0 Å². The van der Waals surface area contributed by atoms with Crippen molar-refractivity contribution in [3.05, 3.63) is 41.5 Å². The molecule has 0 aliphatic carbocycles. The number of anilines is 1. The van der Waals surface area contributed by atoms with Crippen LogP contribution in [0.25, 0.3) is 0 Å². The lowest BCUT2D eigenvalue weighted by Crippen LogP contribution is -1.96. The Hall–Kier alpha value is -1.24. The molecule has 0 fully saturated rings. The standard InChI is InChI=1S/C13H19N/c1-10(2)5-7-12-9-11(3)6-8-13(12)14-4/h6,8-9,14H,1,5,7H2,2-4H3. The molecule has 1 nitrogen and oxygen atoms in total. The van der Waals surface area contributed by atoms with Crippen LogP contribution in [0.5, 0.6) is 0 Å². The Morgan fingerprint density at radius 3 is 2.71 bits per heavy atom. The zero-order valence-electron chi connectivity index (χ0n) is 9.35. The number of aryl methyl sites for hydroxylation is 2. The summed E-state index contributed by atoms with van der Waals surface area (Å²) < 4.78 is 0. The Kier molecular flexibility index (Phi) is 3.75. The molecule has 0 atom stereocenters. The highest BCUT2D eigenvalue weighted by molar-refractivity contribution is 5.52. The minimum atomic E-state index is 1.07. The molecule has 1 aromatic rings. The SMILES string of the molecule is C=C(C)CCc1cc(C)ccc1NC. The molecule has 0 radical (unpaired) electrons. The van der Waals surface area contributed by atoms with E-state index in [-0.39, 0.29) is 0 Å². The maximum absolute atomic E-state index is 3.93. The Balaban J connectivity index is 2.82. The Bertz CT molecular complexity index is 326. The van der Waals surface area contributed by atoms with Crippen molar-refractivity contribution in [1.29, 1.82) is 0 Å². The number of hydrogen-bond acceptors (Lipinski definition) is 1. The van der Waals surface area contributed by atoms with Crippen molar-refractivity contribution < 1.29 is 0 Å². The van der Waals surface area contributed by atoms with Crippen LogP contribution >= 0.6 is 0 Å². The Labute approximate surface area is 86.8 Å². The Morgan fingerprint density at radius 1 is 1.43 bits per heavy atom. The summed E-state index contributed by atoms with van der Waals surface area (Å²) in [4.78, 5) is 0. The van der Waals surface area contributed by atoms with Gasteiger partial charge in [-0.25, -0.2) is 0 Å². The van der Waals surface area contributed by atoms with E-state index in [1.54, 1.807) is 0 Å². The van der Waals surface area contributed by atoms with E-state index < -0.39 is 0 Å². The topological polar surface area (TPSA) is 12.0 Å². The lowest BCUT2D eigenvalue weighted by atomic mass is 10.0. The third kappa shape index (κ3) is 2.91. The van der Waals surface area contributed by atoms with Crippen LogP contribution in [0.2, 0.25) is 0 Å². The molecule has 0 unspecified atom stereocenters. The molecule has 1 heteroatoms. The summed E-state index contributed by atoms with van der Waals surface area (Å²) in [5.74, 6) is 0. The van der Waals surface area contributed by atoms with Gasteiger partial charge >= 0.3 is 0 Å². The summed E-state index contributed by atoms with van der Waals surface area (Å²) in [6.07, 6.45) is 2.14. The lowest BCUT2D eigenvalue weighted by molar-refractivity contribution is 0.945. The molecule has 1 N–H and O–H groups in total. The maximum Gasteiger partial charge on any atom is 0.0370 e. The second-order valence-electron chi connectivity index (χ2n) is 3.87. The van der Waals surface area contributed by atoms with Gasteiger partial charge in [-0.15, -0.1) is 6.58 Å². The highest BCUT2D eigenvalue weighted by Gasteiger charge is 2.00. The van der Waals surface area contributed by atoms with E-state index in [1.165, 1.54) is 22.4 Å². The fourth-order valence-corrected chi connectivity index (χ4v) is 1.52. The quantitative estimate of drug-likeness (QED) is 0.714. The van der Waals surface area contributed by atoms with Gasteiger partial charge in [0.15, 0.2) is 0 Å². The first-order valence-electron chi connectivity index (χ1n) is 5.05. The normalized spacial score (nSPS) is 9.93. The van der Waals surface area contributed by atoms with E-state index >= 15 is 0 Å². The van der Waals surface area contributed by atoms with Gasteiger partial charge in [0.2, 0.25) is 0 Å². The van der Waals surface area contributed by atoms with Crippen LogP contribution in [-0.2, 0) is 6.42 Å². The largest absolute Gasteiger partial charge is 0.388 e. The van der Waals surface area contributed by atoms with Gasteiger partial charge in [0.25, 0.3) is 0 Å². The minimum absolute atomic E-state index is 1.07. The first kappa shape index (κ1) is 10.8. The van der Waals surface area contributed by atoms with Gasteiger partial charge in [0.05, 0.1) is 0 Å². The van der Waals surface area contributed by atoms with Crippen LogP contribution in [0, 0.1) is 6.92 Å². The monoisotopic (exact) mass is 189 g/mol. The predicted molar refractivity (Wildman–Crippen MR) is 63.9 cm³/mol. The maximum atomic E-state index is 3.93. The van der Waals surface area contributed by atoms with Crippen LogP contribution in [0.4, 0.5) is 5.69 Å². The van der Waals surface area contributed by atoms with Crippen molar-refractivity contribution >= 4 is 5.69 Å². The van der Waals surface area contributed by atoms with Crippen molar-refractivity contribution in [2.45, 2.75) is 26.7 Å². The van der Waals surface area contributed by atoms with E-state index in [2.05, 4.69) is 43.9 Å². The van der Waals surface area contributed by atoms with Crippen molar-refractivity contribution in [3.63, 3.8) is 0 Å². The van der Waals surface area contributed by atoms with Crippen LogP contribution in [-0.4, -0.2) is 7.05 Å². The van der Waals surface area contributed by atoms with Crippen LogP contribution in [0.3, 0.4) is 0 Å². The molecule has 0 bridgehead atoms. The van der Waals surface area contributed by atoms with Gasteiger partial charge in [0.1, 0.15) is 0 Å². The van der Waals surface area contributed by atoms with Crippen molar-refractivity contribution in [2.24, 2.45) is 0 Å². The molecule has 1 aromatic carbocycles. The fraction of sp³-hybridized carbons (Fsp3) is 0.385. The molecule has 14 heavy (non-hydrogen) atoms. The number of nitrogens with one attached hydrogen (secondary N) is 1. The Morgan fingerprint density at radius 2 is 2.14 bits per heavy atom. The van der Waals surface area contributed by atoms with Crippen LogP contribution < -0.4 is 5.32 Å². The number of hydrogen-bond donors (Lipinski definition) is 1. The highest BCUT2D eigenvalue weighted by atomic mass is 14.8. The first-order chi connectivity index (χ1) is 6.63. The van der Waals surface area contributed by atoms with E-state index in [0.29, 0.717) is 0 Å². The summed E-state index contributed by atoms with van der Waals surface area (Å²) >= 11 is 0. The predicted octanol–water partition coefficient (Wildman–Crippen LogP) is 3.55. The molecule has 1 rings (SSSR count). The summed E-state index contributed by atoms with van der Waals surface area (Å²) in [7, 11) is 1.97. The second kappa shape index (κ2) is 4.85. The molecule has 0 spiro atoms. The third-order valence-electron chi connectivity index (χ3n) is 2.35. The van der Waals surface area contributed by atoms with Gasteiger partial charge in [-0.3, -0.25) is 0 Å². The smallest absolute Gasteiger partial charge is 0.0370 e. The molecule has 0 saturated carbocycles. The average Bonchev–Trinajstić information content (AvgIpc) is 2.15. The van der Waals surface area contributed by atoms with E-state index in [1.807, 2.05) is 7.05 Å². The summed E-state index contributed by atoms with van der Waals surface area (Å²) in [5.41, 5.74) is 5.18. The molecule has 0 heterocycles. The molecular formula is C13H19N. The minimum Gasteiger partial charge on any atom is -0.388 e. The van der Waals surface area contributed by atoms with E-state index in [9.17, 15) is 0 Å². The van der Waals surface area contributed by atoms with Gasteiger partial charge in [-0.2, -0.15) is 0 Å². The van der Waals surface area contributed by atoms with Gasteiger partial charge in [-0.05, 0) is 38.3 Å². The number of rotatable bonds is 4. The second-order valence-corrected chi connectivity index (χ2v) is 3.87. The average molecular weight is 189 g/mol. The van der Waals surface area contributed by atoms with Crippen molar-refractivity contribution in [1.82, 2.24) is 0 Å². The van der Waals surface area contributed by atoms with Crippen LogP contribution in [0.15, 0.2) is 30.4 Å². The van der Waals surface area contributed by atoms with Crippen LogP contribution in [0.1, 0.15) is 24.5 Å². The molecule has 0 amide bonds. The molecular weight excluding hydrogens is 170 g/mol. The fourth-order valence-electron chi connectivity index (χ4n) is 1.52. The molecule has 0 aliphatic rings. The van der Waals surface area contributed by atoms with Crippen molar-refractivity contribution in [2.75, 3.05) is 12.4 Å². The highest BCUT2D eigenvalue weighted by Crippen LogP contribution is 2.19. The van der Waals surface area contributed by atoms with Crippen molar-refractivity contribution in [3.8, 4) is 0 Å². The number of benzene rings is 1. The zero-order valence-corrected chi connectivity index (χ0v) is 9.35. The summed E-state index contributed by atoms with van der Waals surface area (Å²) in [6.45, 7) is 8.13. The lowest BCUT2D eigenvalue weighted by Gasteiger charge is -2.09. The summed E-state index contributed by atoms with van der Waals surface area (Å²) in [6, 6.07) is 6.52.